The molecule has 5 nitrogen and oxygen atoms in total. The topological polar surface area (TPSA) is 59.9 Å². The van der Waals surface area contributed by atoms with E-state index in [-0.39, 0.29) is 36.0 Å². The molecule has 0 bridgehead atoms. The Hall–Kier alpha value is -0.0800. The predicted octanol–water partition coefficient (Wildman–Crippen LogP) is 3.47. The summed E-state index contributed by atoms with van der Waals surface area (Å²) in [5, 5.41) is 16.3. The van der Waals surface area contributed by atoms with Crippen LogP contribution < -0.4 is 10.6 Å². The van der Waals surface area contributed by atoms with E-state index in [0.29, 0.717) is 6.04 Å². The van der Waals surface area contributed by atoms with Crippen molar-refractivity contribution in [2.45, 2.75) is 72.8 Å². The molecular weight excluding hydrogens is 439 g/mol. The fourth-order valence-corrected chi connectivity index (χ4v) is 3.57. The lowest BCUT2D eigenvalue weighted by Gasteiger charge is -2.35. The van der Waals surface area contributed by atoms with Crippen LogP contribution in [0.25, 0.3) is 0 Å². The molecule has 1 rings (SSSR count). The van der Waals surface area contributed by atoms with E-state index in [9.17, 15) is 5.11 Å². The molecule has 1 atom stereocenters. The Bertz CT molecular complexity index is 380. The molecule has 1 aliphatic heterocycles. The number of aliphatic imine (C=N–C) groups is 1. The average molecular weight is 482 g/mol. The monoisotopic (exact) mass is 482 g/mol. The van der Waals surface area contributed by atoms with Crippen LogP contribution in [0, 0.1) is 11.3 Å². The van der Waals surface area contributed by atoms with E-state index in [1.165, 1.54) is 25.9 Å². The van der Waals surface area contributed by atoms with Gasteiger partial charge in [-0.1, -0.05) is 20.8 Å². The van der Waals surface area contributed by atoms with Gasteiger partial charge in [0.05, 0.1) is 0 Å². The van der Waals surface area contributed by atoms with Gasteiger partial charge in [0.25, 0.3) is 0 Å². The third-order valence-corrected chi connectivity index (χ3v) is 6.07. The van der Waals surface area contributed by atoms with Crippen molar-refractivity contribution >= 4 is 29.9 Å². The second-order valence-corrected chi connectivity index (χ2v) is 7.82. The zero-order valence-electron chi connectivity index (χ0n) is 17.7. The third kappa shape index (κ3) is 8.74. The Labute approximate surface area is 178 Å². The van der Waals surface area contributed by atoms with Gasteiger partial charge in [0.15, 0.2) is 5.96 Å². The number of nitrogens with zero attached hydrogens (tertiary/aromatic N) is 2. The lowest BCUT2D eigenvalue weighted by atomic mass is 9.79. The number of guanidine groups is 1. The van der Waals surface area contributed by atoms with Gasteiger partial charge >= 0.3 is 0 Å². The van der Waals surface area contributed by atoms with Crippen LogP contribution in [0.15, 0.2) is 4.99 Å². The number of likely N-dealkylation sites (tertiary alicyclic amines) is 1. The molecule has 0 aromatic rings. The lowest BCUT2D eigenvalue weighted by molar-refractivity contribution is 0.147. The van der Waals surface area contributed by atoms with Gasteiger partial charge in [-0.05, 0) is 70.4 Å². The Kier molecular flexibility index (Phi) is 14.0. The van der Waals surface area contributed by atoms with Gasteiger partial charge in [0.1, 0.15) is 0 Å². The maximum absolute atomic E-state index is 9.39. The van der Waals surface area contributed by atoms with Gasteiger partial charge in [-0.2, -0.15) is 0 Å². The minimum atomic E-state index is 0. The summed E-state index contributed by atoms with van der Waals surface area (Å²) in [6.07, 6.45) is 5.56. The number of hydrogen-bond acceptors (Lipinski definition) is 3. The van der Waals surface area contributed by atoms with E-state index in [1.54, 1.807) is 0 Å². The Morgan fingerprint density at radius 2 is 1.81 bits per heavy atom. The first-order valence-corrected chi connectivity index (χ1v) is 10.4. The van der Waals surface area contributed by atoms with Crippen LogP contribution in [0.5, 0.6) is 0 Å². The molecule has 1 fully saturated rings. The average Bonchev–Trinajstić information content (AvgIpc) is 2.63. The molecule has 6 heteroatoms. The van der Waals surface area contributed by atoms with E-state index in [1.807, 2.05) is 0 Å². The standard InChI is InChI=1S/C20H42N4O.HI/c1-6-20(7-2,11-14-25)16-23-19(21-8-3)22-15-18(5)24-12-9-17(4)10-13-24;/h17-18,25H,6-16H2,1-5H3,(H2,21,22,23);1H. The fraction of sp³-hybridized carbons (Fsp3) is 0.950. The number of rotatable bonds is 10. The molecule has 0 amide bonds. The second kappa shape index (κ2) is 14.0. The Morgan fingerprint density at radius 1 is 1.19 bits per heavy atom. The van der Waals surface area contributed by atoms with Crippen molar-refractivity contribution in [3.8, 4) is 0 Å². The molecule has 3 N–H and O–H groups in total. The quantitative estimate of drug-likeness (QED) is 0.254. The third-order valence-electron chi connectivity index (χ3n) is 6.07. The first-order valence-electron chi connectivity index (χ1n) is 10.4. The predicted molar refractivity (Wildman–Crippen MR) is 124 cm³/mol. The maximum atomic E-state index is 9.39. The van der Waals surface area contributed by atoms with Crippen molar-refractivity contribution in [1.82, 2.24) is 15.5 Å². The molecule has 0 spiro atoms. The molecule has 0 radical (unpaired) electrons. The molecular formula is C20H43IN4O. The number of piperidine rings is 1. The van der Waals surface area contributed by atoms with E-state index < -0.39 is 0 Å². The first-order chi connectivity index (χ1) is 12.0. The molecule has 156 valence electrons. The van der Waals surface area contributed by atoms with Crippen LogP contribution in [0.2, 0.25) is 0 Å². The van der Waals surface area contributed by atoms with Crippen molar-refractivity contribution in [1.29, 1.82) is 0 Å². The Balaban J connectivity index is 0.00000625. The maximum Gasteiger partial charge on any atom is 0.191 e. The first kappa shape index (κ1) is 25.9. The zero-order chi connectivity index (χ0) is 18.7. The van der Waals surface area contributed by atoms with Crippen molar-refractivity contribution in [2.24, 2.45) is 16.3 Å². The van der Waals surface area contributed by atoms with Crippen LogP contribution in [-0.2, 0) is 0 Å². The minimum absolute atomic E-state index is 0. The molecule has 1 heterocycles. The van der Waals surface area contributed by atoms with Crippen LogP contribution >= 0.6 is 24.0 Å². The molecule has 1 unspecified atom stereocenters. The number of hydrogen-bond donors (Lipinski definition) is 3. The van der Waals surface area contributed by atoms with E-state index in [4.69, 9.17) is 4.99 Å². The van der Waals surface area contributed by atoms with E-state index in [2.05, 4.69) is 50.2 Å². The second-order valence-electron chi connectivity index (χ2n) is 7.82. The highest BCUT2D eigenvalue weighted by molar-refractivity contribution is 14.0. The number of aliphatic hydroxyl groups excluding tert-OH is 1. The van der Waals surface area contributed by atoms with Gasteiger partial charge < -0.3 is 15.7 Å². The summed E-state index contributed by atoms with van der Waals surface area (Å²) >= 11 is 0. The molecule has 0 saturated carbocycles. The summed E-state index contributed by atoms with van der Waals surface area (Å²) in [6.45, 7) is 16.4. The number of nitrogens with one attached hydrogen (secondary N) is 2. The Morgan fingerprint density at radius 3 is 2.31 bits per heavy atom. The lowest BCUT2D eigenvalue weighted by Crippen LogP contribution is -2.48. The van der Waals surface area contributed by atoms with Gasteiger partial charge in [0.2, 0.25) is 0 Å². The van der Waals surface area contributed by atoms with Crippen LogP contribution in [0.4, 0.5) is 0 Å². The van der Waals surface area contributed by atoms with Crippen LogP contribution in [0.3, 0.4) is 0 Å². The number of halogens is 1. The van der Waals surface area contributed by atoms with Crippen molar-refractivity contribution < 1.29 is 5.11 Å². The van der Waals surface area contributed by atoms with Gasteiger partial charge in [-0.15, -0.1) is 24.0 Å². The SMILES string of the molecule is CCNC(=NCC(CC)(CC)CCO)NCC(C)N1CCC(C)CC1.I. The molecule has 26 heavy (non-hydrogen) atoms. The van der Waals surface area contributed by atoms with Crippen molar-refractivity contribution in [3.63, 3.8) is 0 Å². The summed E-state index contributed by atoms with van der Waals surface area (Å²) in [5.74, 6) is 1.78. The summed E-state index contributed by atoms with van der Waals surface area (Å²) in [5.41, 5.74) is 0.117. The highest BCUT2D eigenvalue weighted by Crippen LogP contribution is 2.30. The molecule has 1 aliphatic rings. The summed E-state index contributed by atoms with van der Waals surface area (Å²) in [4.78, 5) is 7.43. The highest BCUT2D eigenvalue weighted by atomic mass is 127. The van der Waals surface area contributed by atoms with Crippen molar-refractivity contribution in [2.75, 3.05) is 39.3 Å². The number of aliphatic hydroxyl groups is 1. The summed E-state index contributed by atoms with van der Waals surface area (Å²) < 4.78 is 0. The smallest absolute Gasteiger partial charge is 0.191 e. The molecule has 0 aromatic carbocycles. The largest absolute Gasteiger partial charge is 0.396 e. The van der Waals surface area contributed by atoms with E-state index >= 15 is 0 Å². The van der Waals surface area contributed by atoms with Crippen LogP contribution in [0.1, 0.15) is 66.7 Å². The van der Waals surface area contributed by atoms with Gasteiger partial charge in [-0.3, -0.25) is 9.89 Å². The highest BCUT2D eigenvalue weighted by Gasteiger charge is 2.25. The van der Waals surface area contributed by atoms with E-state index in [0.717, 1.165) is 50.8 Å². The van der Waals surface area contributed by atoms with Crippen LogP contribution in [-0.4, -0.2) is 61.3 Å². The van der Waals surface area contributed by atoms with Gasteiger partial charge in [-0.25, -0.2) is 0 Å². The fourth-order valence-electron chi connectivity index (χ4n) is 3.57. The molecule has 0 aromatic heterocycles. The zero-order valence-corrected chi connectivity index (χ0v) is 20.0. The molecule has 1 saturated heterocycles. The minimum Gasteiger partial charge on any atom is -0.396 e. The summed E-state index contributed by atoms with van der Waals surface area (Å²) in [7, 11) is 0. The molecule has 0 aliphatic carbocycles. The normalized spacial score (nSPS) is 18.3. The van der Waals surface area contributed by atoms with Gasteiger partial charge in [0, 0.05) is 32.3 Å². The van der Waals surface area contributed by atoms with Crippen molar-refractivity contribution in [3.05, 3.63) is 0 Å². The summed E-state index contributed by atoms with van der Waals surface area (Å²) in [6, 6.07) is 0.524.